The van der Waals surface area contributed by atoms with E-state index in [0.717, 1.165) is 0 Å². The number of alkyl halides is 2. The van der Waals surface area contributed by atoms with Gasteiger partial charge in [-0.3, -0.25) is 4.98 Å². The highest BCUT2D eigenvalue weighted by Gasteiger charge is 2.18. The van der Waals surface area contributed by atoms with Crippen LogP contribution in [-0.4, -0.2) is 10.1 Å². The van der Waals surface area contributed by atoms with E-state index >= 15 is 0 Å². The number of aliphatic hydroxyl groups excluding tert-OH is 1. The van der Waals surface area contributed by atoms with Gasteiger partial charge in [0.05, 0.1) is 6.61 Å². The van der Waals surface area contributed by atoms with Crippen LogP contribution in [0.15, 0.2) is 6.20 Å². The Morgan fingerprint density at radius 3 is 2.64 bits per heavy atom. The molecular weight excluding hydrogens is 190 g/mol. The van der Waals surface area contributed by atoms with E-state index in [1.165, 1.54) is 6.20 Å². The zero-order valence-corrected chi connectivity index (χ0v) is 7.80. The summed E-state index contributed by atoms with van der Waals surface area (Å²) in [5, 5.41) is 8.86. The fourth-order valence-corrected chi connectivity index (χ4v) is 1.37. The smallest absolute Gasteiger partial charge is 0.264 e. The van der Waals surface area contributed by atoms with E-state index in [9.17, 15) is 8.78 Å². The maximum absolute atomic E-state index is 12.6. The zero-order chi connectivity index (χ0) is 10.7. The van der Waals surface area contributed by atoms with Crippen LogP contribution in [0.2, 0.25) is 0 Å². The molecule has 0 aliphatic rings. The van der Waals surface area contributed by atoms with Gasteiger partial charge >= 0.3 is 0 Å². The number of hydrogen-bond acceptors (Lipinski definition) is 3. The molecule has 3 nitrogen and oxygen atoms in total. The van der Waals surface area contributed by atoms with Crippen LogP contribution < -0.4 is 5.73 Å². The minimum atomic E-state index is -2.63. The lowest BCUT2D eigenvalue weighted by atomic mass is 10.0. The minimum absolute atomic E-state index is 0.00630. The van der Waals surface area contributed by atoms with E-state index in [1.54, 1.807) is 6.92 Å². The summed E-state index contributed by atoms with van der Waals surface area (Å²) < 4.78 is 25.3. The van der Waals surface area contributed by atoms with Crippen LogP contribution in [0.25, 0.3) is 0 Å². The number of aryl methyl sites for hydroxylation is 1. The van der Waals surface area contributed by atoms with Crippen LogP contribution >= 0.6 is 0 Å². The molecule has 3 N–H and O–H groups in total. The summed E-state index contributed by atoms with van der Waals surface area (Å²) in [4.78, 5) is 3.89. The highest BCUT2D eigenvalue weighted by atomic mass is 19.3. The van der Waals surface area contributed by atoms with Gasteiger partial charge in [0.25, 0.3) is 6.43 Å². The Morgan fingerprint density at radius 2 is 2.21 bits per heavy atom. The summed E-state index contributed by atoms with van der Waals surface area (Å²) in [6, 6.07) is 0. The molecule has 0 fully saturated rings. The number of halogens is 2. The third kappa shape index (κ3) is 1.88. The van der Waals surface area contributed by atoms with E-state index in [2.05, 4.69) is 4.98 Å². The van der Waals surface area contributed by atoms with Gasteiger partial charge in [0, 0.05) is 29.6 Å². The first kappa shape index (κ1) is 11.0. The van der Waals surface area contributed by atoms with Gasteiger partial charge in [-0.2, -0.15) is 0 Å². The van der Waals surface area contributed by atoms with Crippen molar-refractivity contribution in [2.75, 3.05) is 0 Å². The molecule has 1 heterocycles. The van der Waals surface area contributed by atoms with Crippen molar-refractivity contribution >= 4 is 0 Å². The Kier molecular flexibility index (Phi) is 3.49. The topological polar surface area (TPSA) is 59.1 Å². The normalized spacial score (nSPS) is 11.0. The van der Waals surface area contributed by atoms with Crippen molar-refractivity contribution in [3.8, 4) is 0 Å². The lowest BCUT2D eigenvalue weighted by Gasteiger charge is -2.13. The molecule has 0 atom stereocenters. The first-order valence-corrected chi connectivity index (χ1v) is 4.18. The Morgan fingerprint density at radius 1 is 1.57 bits per heavy atom. The monoisotopic (exact) mass is 202 g/mol. The third-order valence-electron chi connectivity index (χ3n) is 2.11. The summed E-state index contributed by atoms with van der Waals surface area (Å²) in [5.41, 5.74) is 6.14. The number of pyridine rings is 1. The largest absolute Gasteiger partial charge is 0.392 e. The predicted molar refractivity (Wildman–Crippen MR) is 47.7 cm³/mol. The van der Waals surface area contributed by atoms with Crippen molar-refractivity contribution in [3.63, 3.8) is 0 Å². The van der Waals surface area contributed by atoms with Crippen molar-refractivity contribution in [1.82, 2.24) is 4.98 Å². The van der Waals surface area contributed by atoms with Gasteiger partial charge < -0.3 is 10.8 Å². The first-order valence-electron chi connectivity index (χ1n) is 4.18. The molecule has 1 aromatic heterocycles. The summed E-state index contributed by atoms with van der Waals surface area (Å²) >= 11 is 0. The molecule has 0 aromatic carbocycles. The van der Waals surface area contributed by atoms with Gasteiger partial charge in [0.2, 0.25) is 0 Å². The Hall–Kier alpha value is -1.07. The van der Waals surface area contributed by atoms with Crippen LogP contribution in [0.5, 0.6) is 0 Å². The molecule has 5 heteroatoms. The number of aliphatic hydroxyl groups is 1. The molecule has 0 saturated carbocycles. The first-order chi connectivity index (χ1) is 6.61. The molecule has 14 heavy (non-hydrogen) atoms. The number of nitrogens with two attached hydrogens (primary N) is 1. The molecule has 1 aromatic rings. The van der Waals surface area contributed by atoms with Crippen LogP contribution in [0.4, 0.5) is 8.78 Å². The van der Waals surface area contributed by atoms with Gasteiger partial charge in [-0.1, -0.05) is 0 Å². The molecule has 0 bridgehead atoms. The summed E-state index contributed by atoms with van der Waals surface area (Å²) in [5.74, 6) is 0. The van der Waals surface area contributed by atoms with Crippen molar-refractivity contribution in [2.24, 2.45) is 5.73 Å². The summed E-state index contributed by atoms with van der Waals surface area (Å²) in [7, 11) is 0. The van der Waals surface area contributed by atoms with Gasteiger partial charge in [-0.25, -0.2) is 8.78 Å². The van der Waals surface area contributed by atoms with E-state index in [0.29, 0.717) is 11.3 Å². The van der Waals surface area contributed by atoms with Gasteiger partial charge in [-0.15, -0.1) is 0 Å². The molecule has 1 rings (SSSR count). The van der Waals surface area contributed by atoms with Crippen LogP contribution in [0, 0.1) is 6.92 Å². The van der Waals surface area contributed by atoms with Crippen molar-refractivity contribution in [3.05, 3.63) is 28.6 Å². The van der Waals surface area contributed by atoms with Gasteiger partial charge in [-0.05, 0) is 12.5 Å². The summed E-state index contributed by atoms with van der Waals surface area (Å²) in [6.45, 7) is 1.18. The number of rotatable bonds is 3. The molecule has 0 unspecified atom stereocenters. The average Bonchev–Trinajstić information content (AvgIpc) is 2.17. The van der Waals surface area contributed by atoms with Crippen molar-refractivity contribution in [1.29, 1.82) is 0 Å². The maximum atomic E-state index is 12.6. The average molecular weight is 202 g/mol. The van der Waals surface area contributed by atoms with E-state index in [-0.39, 0.29) is 17.7 Å². The predicted octanol–water partition coefficient (Wildman–Crippen LogP) is 1.28. The molecular formula is C9H12F2N2O. The highest BCUT2D eigenvalue weighted by molar-refractivity contribution is 5.36. The fraction of sp³-hybridized carbons (Fsp3) is 0.444. The molecule has 0 spiro atoms. The van der Waals surface area contributed by atoms with E-state index in [1.807, 2.05) is 0 Å². The summed E-state index contributed by atoms with van der Waals surface area (Å²) in [6.07, 6.45) is -1.37. The molecule has 0 amide bonds. The van der Waals surface area contributed by atoms with Crippen LogP contribution in [0.3, 0.4) is 0 Å². The van der Waals surface area contributed by atoms with E-state index < -0.39 is 13.0 Å². The maximum Gasteiger partial charge on any atom is 0.264 e. The second-order valence-electron chi connectivity index (χ2n) is 2.92. The Bertz CT molecular complexity index is 329. The SMILES string of the molecule is Cc1ncc(CO)c(C(F)F)c1CN. The lowest BCUT2D eigenvalue weighted by Crippen LogP contribution is -2.09. The zero-order valence-electron chi connectivity index (χ0n) is 7.80. The number of aromatic nitrogens is 1. The van der Waals surface area contributed by atoms with E-state index in [4.69, 9.17) is 10.8 Å². The molecule has 0 saturated heterocycles. The van der Waals surface area contributed by atoms with Crippen molar-refractivity contribution < 1.29 is 13.9 Å². The molecule has 78 valence electrons. The number of nitrogens with zero attached hydrogens (tertiary/aromatic N) is 1. The molecule has 0 radical (unpaired) electrons. The second kappa shape index (κ2) is 4.43. The highest BCUT2D eigenvalue weighted by Crippen LogP contribution is 2.27. The van der Waals surface area contributed by atoms with Gasteiger partial charge in [0.15, 0.2) is 0 Å². The minimum Gasteiger partial charge on any atom is -0.392 e. The second-order valence-corrected chi connectivity index (χ2v) is 2.92. The van der Waals surface area contributed by atoms with Crippen LogP contribution in [-0.2, 0) is 13.2 Å². The fourth-order valence-electron chi connectivity index (χ4n) is 1.37. The lowest BCUT2D eigenvalue weighted by molar-refractivity contribution is 0.145. The molecule has 0 aliphatic heterocycles. The molecule has 0 aliphatic carbocycles. The Labute approximate surface area is 80.6 Å². The third-order valence-corrected chi connectivity index (χ3v) is 2.11. The van der Waals surface area contributed by atoms with Crippen LogP contribution in [0.1, 0.15) is 28.8 Å². The Balaban J connectivity index is 3.36. The van der Waals surface area contributed by atoms with Crippen molar-refractivity contribution in [2.45, 2.75) is 26.5 Å². The van der Waals surface area contributed by atoms with Gasteiger partial charge in [0.1, 0.15) is 0 Å². The standard InChI is InChI=1S/C9H12F2N2O/c1-5-7(2-12)8(9(10)11)6(4-14)3-13-5/h3,9,14H,2,4,12H2,1H3. The quantitative estimate of drug-likeness (QED) is 0.776. The number of hydrogen-bond donors (Lipinski definition) is 2.